The predicted octanol–water partition coefficient (Wildman–Crippen LogP) is 1.32. The minimum Gasteiger partial charge on any atom is -0.312 e. The van der Waals surface area contributed by atoms with Crippen LogP contribution in [0.2, 0.25) is 0 Å². The lowest BCUT2D eigenvalue weighted by Crippen LogP contribution is -2.49. The van der Waals surface area contributed by atoms with Gasteiger partial charge in [-0.05, 0) is 32.2 Å². The largest absolute Gasteiger partial charge is 0.312 e. The van der Waals surface area contributed by atoms with E-state index in [2.05, 4.69) is 31.4 Å². The molecule has 1 aliphatic rings. The van der Waals surface area contributed by atoms with Crippen LogP contribution in [0.3, 0.4) is 0 Å². The fraction of sp³-hybridized carbons (Fsp3) is 1.00. The van der Waals surface area contributed by atoms with Crippen molar-refractivity contribution in [3.63, 3.8) is 0 Å². The van der Waals surface area contributed by atoms with Crippen molar-refractivity contribution in [3.8, 4) is 0 Å². The molecule has 4 nitrogen and oxygen atoms in total. The standard InChI is InChI=1S/C13H28N2O2S/c1-4-13(5-2,6-3)15-8-7-12-11-18(16,17)10-9-14-12/h12,14-15H,4-11H2,1-3H3. The van der Waals surface area contributed by atoms with E-state index in [0.29, 0.717) is 18.1 Å². The van der Waals surface area contributed by atoms with Crippen molar-refractivity contribution in [2.75, 3.05) is 24.6 Å². The van der Waals surface area contributed by atoms with Crippen molar-refractivity contribution >= 4 is 9.84 Å². The van der Waals surface area contributed by atoms with E-state index >= 15 is 0 Å². The van der Waals surface area contributed by atoms with Crippen LogP contribution < -0.4 is 10.6 Å². The van der Waals surface area contributed by atoms with Crippen molar-refractivity contribution < 1.29 is 8.42 Å². The highest BCUT2D eigenvalue weighted by Gasteiger charge is 2.26. The summed E-state index contributed by atoms with van der Waals surface area (Å²) in [5.74, 6) is 0.589. The van der Waals surface area contributed by atoms with E-state index in [1.807, 2.05) is 0 Å². The Bertz CT molecular complexity index is 329. The second kappa shape index (κ2) is 6.87. The lowest BCUT2D eigenvalue weighted by molar-refractivity contribution is 0.284. The molecule has 0 aromatic heterocycles. The fourth-order valence-electron chi connectivity index (χ4n) is 2.69. The molecule has 1 unspecified atom stereocenters. The van der Waals surface area contributed by atoms with Gasteiger partial charge in [-0.25, -0.2) is 8.42 Å². The van der Waals surface area contributed by atoms with Gasteiger partial charge in [0.05, 0.1) is 11.5 Å². The molecule has 0 aliphatic carbocycles. The van der Waals surface area contributed by atoms with Crippen LogP contribution in [0.15, 0.2) is 0 Å². The number of hydrogen-bond donors (Lipinski definition) is 2. The second-order valence-electron chi connectivity index (χ2n) is 5.32. The van der Waals surface area contributed by atoms with Gasteiger partial charge in [-0.15, -0.1) is 0 Å². The van der Waals surface area contributed by atoms with E-state index in [4.69, 9.17) is 0 Å². The van der Waals surface area contributed by atoms with Crippen LogP contribution in [0, 0.1) is 0 Å². The van der Waals surface area contributed by atoms with Crippen molar-refractivity contribution in [2.24, 2.45) is 0 Å². The Morgan fingerprint density at radius 2 is 1.83 bits per heavy atom. The SMILES string of the molecule is CCC(CC)(CC)NCCC1CS(=O)(=O)CCN1. The zero-order valence-corrected chi connectivity index (χ0v) is 12.8. The Labute approximate surface area is 112 Å². The molecule has 1 atom stereocenters. The first-order chi connectivity index (χ1) is 8.47. The summed E-state index contributed by atoms with van der Waals surface area (Å²) in [5, 5.41) is 6.92. The van der Waals surface area contributed by atoms with Gasteiger partial charge in [0, 0.05) is 18.1 Å². The normalized spacial score (nSPS) is 24.1. The average Bonchev–Trinajstić information content (AvgIpc) is 2.34. The maximum atomic E-state index is 11.5. The smallest absolute Gasteiger partial charge is 0.153 e. The number of sulfone groups is 1. The van der Waals surface area contributed by atoms with E-state index < -0.39 is 9.84 Å². The Morgan fingerprint density at radius 1 is 1.22 bits per heavy atom. The first-order valence-corrected chi connectivity index (χ1v) is 8.98. The van der Waals surface area contributed by atoms with Gasteiger partial charge in [0.1, 0.15) is 0 Å². The molecule has 1 rings (SSSR count). The van der Waals surface area contributed by atoms with E-state index in [1.165, 1.54) is 0 Å². The predicted molar refractivity (Wildman–Crippen MR) is 76.7 cm³/mol. The van der Waals surface area contributed by atoms with Gasteiger partial charge in [-0.2, -0.15) is 0 Å². The highest BCUT2D eigenvalue weighted by Crippen LogP contribution is 2.19. The maximum Gasteiger partial charge on any atom is 0.153 e. The van der Waals surface area contributed by atoms with Gasteiger partial charge >= 0.3 is 0 Å². The van der Waals surface area contributed by atoms with Gasteiger partial charge in [-0.1, -0.05) is 20.8 Å². The molecule has 0 spiro atoms. The van der Waals surface area contributed by atoms with Crippen LogP contribution in [-0.2, 0) is 9.84 Å². The quantitative estimate of drug-likeness (QED) is 0.736. The third kappa shape index (κ3) is 4.52. The van der Waals surface area contributed by atoms with Crippen LogP contribution in [0.5, 0.6) is 0 Å². The molecular weight excluding hydrogens is 248 g/mol. The lowest BCUT2D eigenvalue weighted by atomic mass is 9.89. The summed E-state index contributed by atoms with van der Waals surface area (Å²) < 4.78 is 23.1. The molecule has 1 heterocycles. The summed E-state index contributed by atoms with van der Waals surface area (Å²) in [6.45, 7) is 8.13. The molecule has 0 saturated carbocycles. The number of nitrogens with one attached hydrogen (secondary N) is 2. The first kappa shape index (κ1) is 15.9. The highest BCUT2D eigenvalue weighted by atomic mass is 32.2. The van der Waals surface area contributed by atoms with Gasteiger partial charge in [0.2, 0.25) is 0 Å². The monoisotopic (exact) mass is 276 g/mol. The number of rotatable bonds is 7. The Hall–Kier alpha value is -0.130. The maximum absolute atomic E-state index is 11.5. The zero-order chi connectivity index (χ0) is 13.6. The zero-order valence-electron chi connectivity index (χ0n) is 12.0. The van der Waals surface area contributed by atoms with E-state index in [1.54, 1.807) is 0 Å². The van der Waals surface area contributed by atoms with Gasteiger partial charge in [0.25, 0.3) is 0 Å². The third-order valence-electron chi connectivity index (χ3n) is 4.32. The minimum absolute atomic E-state index is 0.125. The molecule has 108 valence electrons. The van der Waals surface area contributed by atoms with Gasteiger partial charge in [-0.3, -0.25) is 0 Å². The van der Waals surface area contributed by atoms with Crippen molar-refractivity contribution in [1.29, 1.82) is 0 Å². The second-order valence-corrected chi connectivity index (χ2v) is 7.55. The van der Waals surface area contributed by atoms with Crippen LogP contribution in [0.25, 0.3) is 0 Å². The van der Waals surface area contributed by atoms with Crippen LogP contribution in [0.4, 0.5) is 0 Å². The molecule has 1 fully saturated rings. The first-order valence-electron chi connectivity index (χ1n) is 7.15. The summed E-state index contributed by atoms with van der Waals surface area (Å²) in [7, 11) is -2.80. The molecule has 0 aromatic rings. The molecule has 0 aromatic carbocycles. The molecular formula is C13H28N2O2S. The Morgan fingerprint density at radius 3 is 2.33 bits per heavy atom. The van der Waals surface area contributed by atoms with E-state index in [-0.39, 0.29) is 11.6 Å². The van der Waals surface area contributed by atoms with E-state index in [9.17, 15) is 8.42 Å². The number of hydrogen-bond acceptors (Lipinski definition) is 4. The molecule has 5 heteroatoms. The minimum atomic E-state index is -2.80. The summed E-state index contributed by atoms with van der Waals surface area (Å²) in [6.07, 6.45) is 4.25. The Balaban J connectivity index is 2.37. The summed E-state index contributed by atoms with van der Waals surface area (Å²) in [5.41, 5.74) is 0.230. The van der Waals surface area contributed by atoms with Gasteiger partial charge in [0.15, 0.2) is 9.84 Å². The topological polar surface area (TPSA) is 58.2 Å². The fourth-order valence-corrected chi connectivity index (χ4v) is 4.18. The average molecular weight is 276 g/mol. The molecule has 0 amide bonds. The van der Waals surface area contributed by atoms with Crippen LogP contribution >= 0.6 is 0 Å². The van der Waals surface area contributed by atoms with Crippen molar-refractivity contribution in [2.45, 2.75) is 58.0 Å². The van der Waals surface area contributed by atoms with E-state index in [0.717, 1.165) is 32.2 Å². The summed E-state index contributed by atoms with van der Waals surface area (Å²) >= 11 is 0. The molecule has 1 aliphatic heterocycles. The van der Waals surface area contributed by atoms with Crippen LogP contribution in [0.1, 0.15) is 46.5 Å². The van der Waals surface area contributed by atoms with Crippen molar-refractivity contribution in [3.05, 3.63) is 0 Å². The lowest BCUT2D eigenvalue weighted by Gasteiger charge is -2.33. The summed E-state index contributed by atoms with van der Waals surface area (Å²) in [4.78, 5) is 0. The highest BCUT2D eigenvalue weighted by molar-refractivity contribution is 7.91. The molecule has 0 bridgehead atoms. The molecule has 2 N–H and O–H groups in total. The summed E-state index contributed by atoms with van der Waals surface area (Å²) in [6, 6.07) is 0.125. The van der Waals surface area contributed by atoms with Gasteiger partial charge < -0.3 is 10.6 Å². The van der Waals surface area contributed by atoms with Crippen molar-refractivity contribution in [1.82, 2.24) is 10.6 Å². The molecule has 1 saturated heterocycles. The Kier molecular flexibility index (Phi) is 6.08. The molecule has 18 heavy (non-hydrogen) atoms. The third-order valence-corrected chi connectivity index (χ3v) is 6.06. The molecule has 0 radical (unpaired) electrons. The van der Waals surface area contributed by atoms with Crippen LogP contribution in [-0.4, -0.2) is 44.6 Å².